The summed E-state index contributed by atoms with van der Waals surface area (Å²) < 4.78 is 28.0. The minimum Gasteiger partial charge on any atom is -0.339 e. The van der Waals surface area contributed by atoms with Gasteiger partial charge in [0.25, 0.3) is 15.3 Å². The fourth-order valence-electron chi connectivity index (χ4n) is 1.46. The van der Waals surface area contributed by atoms with Crippen LogP contribution in [0.1, 0.15) is 0 Å². The molecule has 0 saturated carbocycles. The van der Waals surface area contributed by atoms with E-state index in [0.717, 1.165) is 26.9 Å². The van der Waals surface area contributed by atoms with Gasteiger partial charge in [0, 0.05) is 24.7 Å². The van der Waals surface area contributed by atoms with Crippen molar-refractivity contribution >= 4 is 60.0 Å². The smallest absolute Gasteiger partial charge is 0.285 e. The highest BCUT2D eigenvalue weighted by molar-refractivity contribution is 9.11. The molecule has 1 amide bonds. The molecule has 1 heterocycles. The standard InChI is InChI=1S/C13H13BrN2O3S3/c1-16(2)13(17)20-10-5-3-4-9(8-10)15-22(18,19)12-7-6-11(14)21-12/h3-8,15H,1-2H3. The van der Waals surface area contributed by atoms with E-state index in [1.165, 1.54) is 11.0 Å². The topological polar surface area (TPSA) is 66.5 Å². The highest BCUT2D eigenvalue weighted by Gasteiger charge is 2.17. The van der Waals surface area contributed by atoms with E-state index in [2.05, 4.69) is 20.7 Å². The van der Waals surface area contributed by atoms with Crippen LogP contribution in [0.15, 0.2) is 49.3 Å². The van der Waals surface area contributed by atoms with Crippen LogP contribution in [0.2, 0.25) is 0 Å². The van der Waals surface area contributed by atoms with Crippen molar-refractivity contribution in [3.8, 4) is 0 Å². The van der Waals surface area contributed by atoms with Gasteiger partial charge in [-0.25, -0.2) is 8.42 Å². The molecular formula is C13H13BrN2O3S3. The molecule has 1 aromatic heterocycles. The van der Waals surface area contributed by atoms with Gasteiger partial charge in [-0.1, -0.05) is 6.07 Å². The highest BCUT2D eigenvalue weighted by Crippen LogP contribution is 2.29. The third-order valence-electron chi connectivity index (χ3n) is 2.47. The number of anilines is 1. The zero-order valence-corrected chi connectivity index (χ0v) is 15.8. The summed E-state index contributed by atoms with van der Waals surface area (Å²) in [6.07, 6.45) is 0. The van der Waals surface area contributed by atoms with Gasteiger partial charge < -0.3 is 4.90 Å². The van der Waals surface area contributed by atoms with E-state index in [0.29, 0.717) is 10.6 Å². The van der Waals surface area contributed by atoms with Gasteiger partial charge in [0.1, 0.15) is 4.21 Å². The number of rotatable bonds is 4. The van der Waals surface area contributed by atoms with Gasteiger partial charge >= 0.3 is 0 Å². The van der Waals surface area contributed by atoms with Crippen LogP contribution in [0, 0.1) is 0 Å². The average Bonchev–Trinajstić information content (AvgIpc) is 2.86. The van der Waals surface area contributed by atoms with E-state index in [4.69, 9.17) is 0 Å². The molecule has 0 fully saturated rings. The molecule has 9 heteroatoms. The van der Waals surface area contributed by atoms with Gasteiger partial charge in [-0.15, -0.1) is 11.3 Å². The molecule has 0 aliphatic rings. The Morgan fingerprint density at radius 2 is 2.00 bits per heavy atom. The van der Waals surface area contributed by atoms with E-state index in [9.17, 15) is 13.2 Å². The first-order chi connectivity index (χ1) is 10.3. The molecule has 0 bridgehead atoms. The van der Waals surface area contributed by atoms with Crippen molar-refractivity contribution in [2.24, 2.45) is 0 Å². The number of carbonyl (C=O) groups excluding carboxylic acids is 1. The van der Waals surface area contributed by atoms with E-state index in [1.807, 2.05) is 0 Å². The molecule has 5 nitrogen and oxygen atoms in total. The van der Waals surface area contributed by atoms with Crippen molar-refractivity contribution in [3.05, 3.63) is 40.2 Å². The van der Waals surface area contributed by atoms with E-state index in [1.54, 1.807) is 44.4 Å². The summed E-state index contributed by atoms with van der Waals surface area (Å²) in [5.41, 5.74) is 0.418. The van der Waals surface area contributed by atoms with Gasteiger partial charge in [-0.05, 0) is 58.0 Å². The Morgan fingerprint density at radius 1 is 1.27 bits per heavy atom. The maximum absolute atomic E-state index is 12.3. The molecule has 2 aromatic rings. The summed E-state index contributed by atoms with van der Waals surface area (Å²) in [7, 11) is -0.294. The van der Waals surface area contributed by atoms with E-state index >= 15 is 0 Å². The van der Waals surface area contributed by atoms with Crippen LogP contribution in [-0.2, 0) is 10.0 Å². The van der Waals surface area contributed by atoms with Crippen LogP contribution >= 0.6 is 39.0 Å². The van der Waals surface area contributed by atoms with Gasteiger partial charge in [-0.2, -0.15) is 0 Å². The molecule has 0 atom stereocenters. The van der Waals surface area contributed by atoms with Crippen molar-refractivity contribution in [2.75, 3.05) is 18.8 Å². The number of thiophene rings is 1. The predicted octanol–water partition coefficient (Wildman–Crippen LogP) is 4.09. The van der Waals surface area contributed by atoms with Crippen molar-refractivity contribution in [3.63, 3.8) is 0 Å². The molecule has 22 heavy (non-hydrogen) atoms. The third-order valence-corrected chi connectivity index (χ3v) is 7.00. The van der Waals surface area contributed by atoms with Crippen LogP contribution < -0.4 is 4.72 Å². The number of benzene rings is 1. The lowest BCUT2D eigenvalue weighted by molar-refractivity contribution is 0.241. The number of hydrogen-bond donors (Lipinski definition) is 1. The lowest BCUT2D eigenvalue weighted by Crippen LogP contribution is -2.16. The largest absolute Gasteiger partial charge is 0.339 e. The van der Waals surface area contributed by atoms with Crippen LogP contribution in [0.25, 0.3) is 0 Å². The lowest BCUT2D eigenvalue weighted by Gasteiger charge is -2.10. The molecule has 0 aliphatic carbocycles. The fourth-order valence-corrected chi connectivity index (χ4v) is 5.24. The summed E-state index contributed by atoms with van der Waals surface area (Å²) in [5, 5.41) is -0.123. The summed E-state index contributed by atoms with van der Waals surface area (Å²) in [6.45, 7) is 0. The molecule has 0 aliphatic heterocycles. The molecule has 1 N–H and O–H groups in total. The first-order valence-corrected chi connectivity index (χ1v) is 9.96. The number of amides is 1. The van der Waals surface area contributed by atoms with Gasteiger partial charge in [-0.3, -0.25) is 9.52 Å². The Labute approximate surface area is 145 Å². The van der Waals surface area contributed by atoms with Crippen molar-refractivity contribution in [2.45, 2.75) is 9.10 Å². The average molecular weight is 421 g/mol. The fraction of sp³-hybridized carbons (Fsp3) is 0.154. The minimum atomic E-state index is -3.62. The number of halogens is 1. The van der Waals surface area contributed by atoms with Crippen molar-refractivity contribution in [1.82, 2.24) is 4.90 Å². The molecule has 1 aromatic carbocycles. The number of nitrogens with zero attached hydrogens (tertiary/aromatic N) is 1. The minimum absolute atomic E-state index is 0.123. The monoisotopic (exact) mass is 420 g/mol. The molecule has 0 radical (unpaired) electrons. The summed E-state index contributed by atoms with van der Waals surface area (Å²) in [5.74, 6) is 0. The second kappa shape index (κ2) is 7.03. The second-order valence-corrected chi connectivity index (χ2v) is 9.85. The Bertz CT molecular complexity index is 787. The Morgan fingerprint density at radius 3 is 2.59 bits per heavy atom. The predicted molar refractivity (Wildman–Crippen MR) is 94.2 cm³/mol. The first kappa shape index (κ1) is 17.3. The zero-order chi connectivity index (χ0) is 16.3. The number of hydrogen-bond acceptors (Lipinski definition) is 5. The maximum atomic E-state index is 12.3. The van der Waals surface area contributed by atoms with Crippen LogP contribution in [0.5, 0.6) is 0 Å². The molecule has 0 unspecified atom stereocenters. The summed E-state index contributed by atoms with van der Waals surface area (Å²) >= 11 is 5.42. The molecule has 2 rings (SSSR count). The number of thioether (sulfide) groups is 1. The van der Waals surface area contributed by atoms with Crippen molar-refractivity contribution < 1.29 is 13.2 Å². The molecule has 118 valence electrons. The lowest BCUT2D eigenvalue weighted by atomic mass is 10.3. The van der Waals surface area contributed by atoms with Gasteiger partial charge in [0.15, 0.2) is 0 Å². The Balaban J connectivity index is 2.18. The molecular weight excluding hydrogens is 408 g/mol. The number of nitrogens with one attached hydrogen (secondary N) is 1. The molecule has 0 saturated heterocycles. The summed E-state index contributed by atoms with van der Waals surface area (Å²) in [4.78, 5) is 13.8. The Hall–Kier alpha value is -1.03. The highest BCUT2D eigenvalue weighted by atomic mass is 79.9. The van der Waals surface area contributed by atoms with Gasteiger partial charge in [0.2, 0.25) is 0 Å². The van der Waals surface area contributed by atoms with Gasteiger partial charge in [0.05, 0.1) is 3.79 Å². The van der Waals surface area contributed by atoms with E-state index in [-0.39, 0.29) is 9.45 Å². The quantitative estimate of drug-likeness (QED) is 0.756. The third kappa shape index (κ3) is 4.48. The molecule has 0 spiro atoms. The van der Waals surface area contributed by atoms with Crippen LogP contribution in [-0.4, -0.2) is 32.7 Å². The van der Waals surface area contributed by atoms with Crippen LogP contribution in [0.4, 0.5) is 10.5 Å². The van der Waals surface area contributed by atoms with E-state index < -0.39 is 10.0 Å². The first-order valence-electron chi connectivity index (χ1n) is 6.05. The van der Waals surface area contributed by atoms with Crippen molar-refractivity contribution in [1.29, 1.82) is 0 Å². The second-order valence-electron chi connectivity index (χ2n) is 4.45. The number of carbonyl (C=O) groups is 1. The normalized spacial score (nSPS) is 11.2. The number of sulfonamides is 1. The SMILES string of the molecule is CN(C)C(=O)Sc1cccc(NS(=O)(=O)c2ccc(Br)s2)c1. The Kier molecular flexibility index (Phi) is 5.54. The maximum Gasteiger partial charge on any atom is 0.285 e. The zero-order valence-electron chi connectivity index (χ0n) is 11.7. The van der Waals surface area contributed by atoms with Crippen LogP contribution in [0.3, 0.4) is 0 Å². The summed E-state index contributed by atoms with van der Waals surface area (Å²) in [6, 6.07) is 9.95.